The smallest absolute Gasteiger partial charge is 0.409 e. The minimum absolute atomic E-state index is 0.0275. The lowest BCUT2D eigenvalue weighted by Crippen LogP contribution is -2.46. The average Bonchev–Trinajstić information content (AvgIpc) is 3.11. The summed E-state index contributed by atoms with van der Waals surface area (Å²) in [6.45, 7) is 5.23. The van der Waals surface area contributed by atoms with Crippen LogP contribution in [0.25, 0.3) is 0 Å². The number of nitrogens with one attached hydrogen (secondary N) is 2. The van der Waals surface area contributed by atoms with Gasteiger partial charge in [0.15, 0.2) is 5.13 Å². The van der Waals surface area contributed by atoms with E-state index < -0.39 is 0 Å². The number of anilines is 2. The summed E-state index contributed by atoms with van der Waals surface area (Å²) in [6.07, 6.45) is 1.11. The molecule has 2 aromatic rings. The Morgan fingerprint density at radius 3 is 2.78 bits per heavy atom. The van der Waals surface area contributed by atoms with Crippen molar-refractivity contribution in [1.29, 1.82) is 0 Å². The van der Waals surface area contributed by atoms with Crippen LogP contribution in [0.3, 0.4) is 0 Å². The van der Waals surface area contributed by atoms with Crippen LogP contribution in [0, 0.1) is 6.92 Å². The molecule has 1 aliphatic heterocycles. The molecule has 1 saturated heterocycles. The van der Waals surface area contributed by atoms with Gasteiger partial charge in [0.2, 0.25) is 0 Å². The highest BCUT2D eigenvalue weighted by Gasteiger charge is 2.25. The number of nitrogens with zero attached hydrogens (tertiary/aromatic N) is 3. The van der Waals surface area contributed by atoms with E-state index in [-0.39, 0.29) is 18.0 Å². The maximum atomic E-state index is 12.4. The first kappa shape index (κ1) is 19.1. The Morgan fingerprint density at radius 1 is 1.30 bits per heavy atom. The van der Waals surface area contributed by atoms with Crippen LogP contribution in [-0.4, -0.2) is 52.6 Å². The van der Waals surface area contributed by atoms with E-state index >= 15 is 0 Å². The van der Waals surface area contributed by atoms with Crippen molar-refractivity contribution in [3.63, 3.8) is 0 Å². The maximum Gasteiger partial charge on any atom is 0.409 e. The molecule has 1 fully saturated rings. The van der Waals surface area contributed by atoms with Crippen LogP contribution in [0.15, 0.2) is 23.6 Å². The molecule has 2 aromatic heterocycles. The third-order valence-corrected chi connectivity index (χ3v) is 4.97. The van der Waals surface area contributed by atoms with E-state index in [1.54, 1.807) is 17.2 Å². The average molecular weight is 389 g/mol. The van der Waals surface area contributed by atoms with Crippen molar-refractivity contribution in [1.82, 2.24) is 20.2 Å². The van der Waals surface area contributed by atoms with Crippen molar-refractivity contribution in [3.05, 3.63) is 35.0 Å². The van der Waals surface area contributed by atoms with E-state index in [9.17, 15) is 9.59 Å². The van der Waals surface area contributed by atoms with Crippen LogP contribution >= 0.6 is 11.3 Å². The van der Waals surface area contributed by atoms with Gasteiger partial charge in [0.25, 0.3) is 5.91 Å². The molecule has 0 bridgehead atoms. The molecule has 9 heteroatoms. The standard InChI is InChI=1S/C18H23N5O3S/c1-3-26-18(25)23-9-7-13(8-10-23)20-16(24)14-11-27-17(21-14)22-15-6-4-5-12(2)19-15/h4-6,11,13H,3,7-10H2,1-2H3,(H,20,24)(H,19,21,22). The fourth-order valence-electron chi connectivity index (χ4n) is 2.84. The van der Waals surface area contributed by atoms with Gasteiger partial charge in [-0.3, -0.25) is 4.79 Å². The molecule has 3 rings (SSSR count). The topological polar surface area (TPSA) is 96.5 Å². The zero-order chi connectivity index (χ0) is 19.2. The summed E-state index contributed by atoms with van der Waals surface area (Å²) < 4.78 is 5.00. The number of hydrogen-bond acceptors (Lipinski definition) is 7. The number of rotatable bonds is 5. The molecule has 144 valence electrons. The minimum Gasteiger partial charge on any atom is -0.450 e. The highest BCUT2D eigenvalue weighted by molar-refractivity contribution is 7.14. The number of pyridine rings is 1. The molecule has 8 nitrogen and oxygen atoms in total. The molecule has 0 saturated carbocycles. The lowest BCUT2D eigenvalue weighted by atomic mass is 10.1. The van der Waals surface area contributed by atoms with Gasteiger partial charge in [0, 0.05) is 30.2 Å². The Bertz CT molecular complexity index is 802. The van der Waals surface area contributed by atoms with Crippen molar-refractivity contribution in [2.45, 2.75) is 32.7 Å². The van der Waals surface area contributed by atoms with E-state index in [2.05, 4.69) is 20.6 Å². The number of aryl methyl sites for hydroxylation is 1. The van der Waals surface area contributed by atoms with Gasteiger partial charge in [-0.1, -0.05) is 6.07 Å². The minimum atomic E-state index is -0.290. The normalized spacial score (nSPS) is 14.7. The van der Waals surface area contributed by atoms with Crippen molar-refractivity contribution in [3.8, 4) is 0 Å². The number of thiazole rings is 1. The summed E-state index contributed by atoms with van der Waals surface area (Å²) in [4.78, 5) is 34.5. The molecule has 3 heterocycles. The van der Waals surface area contributed by atoms with Crippen LogP contribution in [-0.2, 0) is 4.74 Å². The Balaban J connectivity index is 1.51. The molecule has 0 aliphatic carbocycles. The number of carbonyl (C=O) groups is 2. The molecular formula is C18H23N5O3S. The van der Waals surface area contributed by atoms with Crippen molar-refractivity contribution in [2.24, 2.45) is 0 Å². The summed E-state index contributed by atoms with van der Waals surface area (Å²) in [5.41, 5.74) is 1.28. The lowest BCUT2D eigenvalue weighted by molar-refractivity contribution is 0.0857. The van der Waals surface area contributed by atoms with Gasteiger partial charge in [-0.05, 0) is 38.8 Å². The van der Waals surface area contributed by atoms with Crippen LogP contribution in [0.5, 0.6) is 0 Å². The molecule has 0 atom stereocenters. The first-order chi connectivity index (χ1) is 13.0. The predicted molar refractivity (Wildman–Crippen MR) is 103 cm³/mol. The van der Waals surface area contributed by atoms with E-state index in [0.29, 0.717) is 49.2 Å². The molecule has 27 heavy (non-hydrogen) atoms. The SMILES string of the molecule is CCOC(=O)N1CCC(NC(=O)c2csc(Nc3cccc(C)n3)n2)CC1. The molecule has 0 unspecified atom stereocenters. The van der Waals surface area contributed by atoms with Crippen molar-refractivity contribution < 1.29 is 14.3 Å². The number of amides is 2. The number of hydrogen-bond donors (Lipinski definition) is 2. The second-order valence-electron chi connectivity index (χ2n) is 6.26. The fourth-order valence-corrected chi connectivity index (χ4v) is 3.54. The molecule has 0 aromatic carbocycles. The monoisotopic (exact) mass is 389 g/mol. The Hall–Kier alpha value is -2.68. The summed E-state index contributed by atoms with van der Waals surface area (Å²) in [5, 5.41) is 8.45. The van der Waals surface area contributed by atoms with Gasteiger partial charge < -0.3 is 20.3 Å². The van der Waals surface area contributed by atoms with E-state index in [1.807, 2.05) is 25.1 Å². The van der Waals surface area contributed by atoms with Crippen LogP contribution in [0.1, 0.15) is 35.9 Å². The molecule has 0 spiro atoms. The quantitative estimate of drug-likeness (QED) is 0.816. The van der Waals surface area contributed by atoms with E-state index in [1.165, 1.54) is 11.3 Å². The fraction of sp³-hybridized carbons (Fsp3) is 0.444. The molecular weight excluding hydrogens is 366 g/mol. The zero-order valence-electron chi connectivity index (χ0n) is 15.4. The van der Waals surface area contributed by atoms with Crippen molar-refractivity contribution >= 4 is 34.3 Å². The number of carbonyl (C=O) groups excluding carboxylic acids is 2. The molecule has 1 aliphatic rings. The number of ether oxygens (including phenoxy) is 1. The van der Waals surface area contributed by atoms with Gasteiger partial charge in [-0.2, -0.15) is 0 Å². The highest BCUT2D eigenvalue weighted by Crippen LogP contribution is 2.20. The summed E-state index contributed by atoms with van der Waals surface area (Å²) in [7, 11) is 0. The van der Waals surface area contributed by atoms with Gasteiger partial charge in [-0.25, -0.2) is 14.8 Å². The zero-order valence-corrected chi connectivity index (χ0v) is 16.2. The molecule has 2 amide bonds. The number of piperidine rings is 1. The second-order valence-corrected chi connectivity index (χ2v) is 7.12. The Kier molecular flexibility index (Phi) is 6.23. The largest absolute Gasteiger partial charge is 0.450 e. The van der Waals surface area contributed by atoms with Crippen LogP contribution in [0.4, 0.5) is 15.7 Å². The first-order valence-corrected chi connectivity index (χ1v) is 9.82. The van der Waals surface area contributed by atoms with E-state index in [0.717, 1.165) is 5.69 Å². The number of likely N-dealkylation sites (tertiary alicyclic amines) is 1. The van der Waals surface area contributed by atoms with Crippen LogP contribution in [0.2, 0.25) is 0 Å². The predicted octanol–water partition coefficient (Wildman–Crippen LogP) is 2.94. The second kappa shape index (κ2) is 8.81. The van der Waals surface area contributed by atoms with Gasteiger partial charge in [0.05, 0.1) is 6.61 Å². The van der Waals surface area contributed by atoms with Gasteiger partial charge >= 0.3 is 6.09 Å². The summed E-state index contributed by atoms with van der Waals surface area (Å²) in [6, 6.07) is 5.71. The van der Waals surface area contributed by atoms with Crippen LogP contribution < -0.4 is 10.6 Å². The number of aromatic nitrogens is 2. The third-order valence-electron chi connectivity index (χ3n) is 4.22. The summed E-state index contributed by atoms with van der Waals surface area (Å²) in [5.74, 6) is 0.494. The molecule has 0 radical (unpaired) electrons. The van der Waals surface area contributed by atoms with Crippen molar-refractivity contribution in [2.75, 3.05) is 25.0 Å². The Labute approximate surface area is 162 Å². The van der Waals surface area contributed by atoms with E-state index in [4.69, 9.17) is 4.74 Å². The summed E-state index contributed by atoms with van der Waals surface area (Å²) >= 11 is 1.36. The highest BCUT2D eigenvalue weighted by atomic mass is 32.1. The Morgan fingerprint density at radius 2 is 2.07 bits per heavy atom. The maximum absolute atomic E-state index is 12.4. The van der Waals surface area contributed by atoms with Gasteiger partial charge in [-0.15, -0.1) is 11.3 Å². The molecule has 2 N–H and O–H groups in total. The first-order valence-electron chi connectivity index (χ1n) is 8.94. The van der Waals surface area contributed by atoms with Gasteiger partial charge in [0.1, 0.15) is 11.5 Å². The lowest BCUT2D eigenvalue weighted by Gasteiger charge is -2.31. The third kappa shape index (κ3) is 5.16.